The molecule has 1 rings (SSSR count). The van der Waals surface area contributed by atoms with E-state index in [9.17, 15) is 8.78 Å². The van der Waals surface area contributed by atoms with Crippen LogP contribution in [0.5, 0.6) is 0 Å². The smallest absolute Gasteiger partial charge is 0.188 e. The Labute approximate surface area is 75.2 Å². The van der Waals surface area contributed by atoms with Gasteiger partial charge in [-0.05, 0) is 17.2 Å². The van der Waals surface area contributed by atoms with Crippen LogP contribution in [0.25, 0.3) is 0 Å². The first kappa shape index (κ1) is 9.46. The first-order chi connectivity index (χ1) is 5.52. The molecule has 1 aromatic rings. The molecule has 0 fully saturated rings. The van der Waals surface area contributed by atoms with Crippen LogP contribution in [0.15, 0.2) is 30.3 Å². The third kappa shape index (κ3) is 2.18. The maximum absolute atomic E-state index is 12.6. The monoisotopic (exact) mass is 190 g/mol. The summed E-state index contributed by atoms with van der Waals surface area (Å²) in [5.41, 5.74) is 0.553. The van der Waals surface area contributed by atoms with Gasteiger partial charge >= 0.3 is 5.38 Å². The van der Waals surface area contributed by atoms with Gasteiger partial charge in [0, 0.05) is 0 Å². The van der Waals surface area contributed by atoms with Crippen molar-refractivity contribution in [2.45, 2.75) is 18.2 Å². The lowest BCUT2D eigenvalue weighted by molar-refractivity contribution is 0.0700. The minimum absolute atomic E-state index is 0.553. The zero-order valence-corrected chi connectivity index (χ0v) is 7.35. The van der Waals surface area contributed by atoms with Gasteiger partial charge in [0.15, 0.2) is 0 Å². The molecule has 0 amide bonds. The van der Waals surface area contributed by atoms with Crippen LogP contribution in [0.3, 0.4) is 0 Å². The van der Waals surface area contributed by atoms with Gasteiger partial charge in [-0.2, -0.15) is 8.78 Å². The van der Waals surface area contributed by atoms with Crippen molar-refractivity contribution in [3.05, 3.63) is 35.9 Å². The van der Waals surface area contributed by atoms with Crippen LogP contribution < -0.4 is 0 Å². The summed E-state index contributed by atoms with van der Waals surface area (Å²) in [7, 11) is 0. The van der Waals surface area contributed by atoms with Gasteiger partial charge in [-0.3, -0.25) is 0 Å². The number of hydrogen-bond acceptors (Lipinski definition) is 0. The van der Waals surface area contributed by atoms with Crippen LogP contribution >= 0.6 is 11.6 Å². The molecular formula is C9H9ClF2. The average Bonchev–Trinajstić information content (AvgIpc) is 2.03. The van der Waals surface area contributed by atoms with E-state index < -0.39 is 11.3 Å². The Balaban J connectivity index is 2.86. The van der Waals surface area contributed by atoms with E-state index in [0.717, 1.165) is 0 Å². The first-order valence-electron chi connectivity index (χ1n) is 3.63. The molecule has 0 aliphatic rings. The van der Waals surface area contributed by atoms with Crippen LogP contribution in [0, 0.1) is 0 Å². The molecule has 0 aliphatic carbocycles. The molecule has 1 aromatic carbocycles. The second kappa shape index (κ2) is 3.40. The molecule has 3 heteroatoms. The molecule has 0 bridgehead atoms. The maximum Gasteiger partial charge on any atom is 0.328 e. The standard InChI is InChI=1S/C9H9ClF2/c1-7(9(10,11)12)8-5-3-2-4-6-8/h2-7H,1H3. The third-order valence-corrected chi connectivity index (χ3v) is 2.12. The van der Waals surface area contributed by atoms with Crippen molar-refractivity contribution < 1.29 is 8.78 Å². The van der Waals surface area contributed by atoms with Gasteiger partial charge in [-0.25, -0.2) is 0 Å². The minimum atomic E-state index is -3.17. The quantitative estimate of drug-likeness (QED) is 0.625. The lowest BCUT2D eigenvalue weighted by Gasteiger charge is -2.16. The summed E-state index contributed by atoms with van der Waals surface area (Å²) in [5.74, 6) is -0.944. The van der Waals surface area contributed by atoms with E-state index in [1.807, 2.05) is 0 Å². The van der Waals surface area contributed by atoms with Crippen molar-refractivity contribution in [1.29, 1.82) is 0 Å². The summed E-state index contributed by atoms with van der Waals surface area (Å²) in [6.07, 6.45) is 0. The second-order valence-electron chi connectivity index (χ2n) is 2.67. The van der Waals surface area contributed by atoms with Gasteiger partial charge in [0.1, 0.15) is 0 Å². The van der Waals surface area contributed by atoms with Crippen molar-refractivity contribution >= 4 is 11.6 Å². The summed E-state index contributed by atoms with van der Waals surface area (Å²) in [4.78, 5) is 0. The predicted octanol–water partition coefficient (Wildman–Crippen LogP) is 3.62. The second-order valence-corrected chi connectivity index (χ2v) is 3.18. The minimum Gasteiger partial charge on any atom is -0.188 e. The summed E-state index contributed by atoms with van der Waals surface area (Å²) < 4.78 is 25.1. The molecule has 0 radical (unpaired) electrons. The Bertz CT molecular complexity index is 240. The van der Waals surface area contributed by atoms with Gasteiger partial charge < -0.3 is 0 Å². The van der Waals surface area contributed by atoms with Crippen molar-refractivity contribution in [2.75, 3.05) is 0 Å². The van der Waals surface area contributed by atoms with Gasteiger partial charge in [-0.15, -0.1) is 0 Å². The van der Waals surface area contributed by atoms with Crippen molar-refractivity contribution in [3.63, 3.8) is 0 Å². The van der Waals surface area contributed by atoms with Gasteiger partial charge in [0.25, 0.3) is 0 Å². The molecule has 12 heavy (non-hydrogen) atoms. The van der Waals surface area contributed by atoms with Gasteiger partial charge in [0.2, 0.25) is 0 Å². The van der Waals surface area contributed by atoms with Crippen LogP contribution in [0.2, 0.25) is 0 Å². The molecule has 0 aromatic heterocycles. The molecular weight excluding hydrogens is 182 g/mol. The Kier molecular flexibility index (Phi) is 2.68. The lowest BCUT2D eigenvalue weighted by atomic mass is 10.0. The summed E-state index contributed by atoms with van der Waals surface area (Å²) in [6, 6.07) is 8.49. The Morgan fingerprint density at radius 1 is 1.25 bits per heavy atom. The lowest BCUT2D eigenvalue weighted by Crippen LogP contribution is -2.15. The van der Waals surface area contributed by atoms with E-state index in [-0.39, 0.29) is 0 Å². The number of alkyl halides is 3. The molecule has 1 unspecified atom stereocenters. The zero-order valence-electron chi connectivity index (χ0n) is 6.60. The predicted molar refractivity (Wildman–Crippen MR) is 45.7 cm³/mol. The fourth-order valence-corrected chi connectivity index (χ4v) is 1.06. The van der Waals surface area contributed by atoms with E-state index in [1.54, 1.807) is 30.3 Å². The highest BCUT2D eigenvalue weighted by Gasteiger charge is 2.34. The Morgan fingerprint density at radius 2 is 1.75 bits per heavy atom. The zero-order chi connectivity index (χ0) is 9.19. The molecule has 0 saturated carbocycles. The maximum atomic E-state index is 12.6. The van der Waals surface area contributed by atoms with Crippen molar-refractivity contribution in [1.82, 2.24) is 0 Å². The van der Waals surface area contributed by atoms with E-state index in [4.69, 9.17) is 11.6 Å². The fourth-order valence-electron chi connectivity index (χ4n) is 0.931. The molecule has 0 heterocycles. The largest absolute Gasteiger partial charge is 0.328 e. The summed E-state index contributed by atoms with van der Waals surface area (Å²) in [6.45, 7) is 1.41. The van der Waals surface area contributed by atoms with Crippen LogP contribution in [0.1, 0.15) is 18.4 Å². The number of rotatable bonds is 2. The highest BCUT2D eigenvalue weighted by Crippen LogP contribution is 2.36. The van der Waals surface area contributed by atoms with Crippen LogP contribution in [-0.4, -0.2) is 5.38 Å². The molecule has 1 atom stereocenters. The normalized spacial score (nSPS) is 14.3. The molecule has 66 valence electrons. The van der Waals surface area contributed by atoms with E-state index in [0.29, 0.717) is 5.56 Å². The van der Waals surface area contributed by atoms with E-state index >= 15 is 0 Å². The highest BCUT2D eigenvalue weighted by atomic mass is 35.5. The van der Waals surface area contributed by atoms with Gasteiger partial charge in [0.05, 0.1) is 5.92 Å². The third-order valence-electron chi connectivity index (χ3n) is 1.79. The van der Waals surface area contributed by atoms with Gasteiger partial charge in [-0.1, -0.05) is 37.3 Å². The van der Waals surface area contributed by atoms with Crippen molar-refractivity contribution in [3.8, 4) is 0 Å². The van der Waals surface area contributed by atoms with Crippen molar-refractivity contribution in [2.24, 2.45) is 0 Å². The van der Waals surface area contributed by atoms with Crippen LogP contribution in [-0.2, 0) is 0 Å². The first-order valence-corrected chi connectivity index (χ1v) is 4.01. The molecule has 0 spiro atoms. The molecule has 0 saturated heterocycles. The highest BCUT2D eigenvalue weighted by molar-refractivity contribution is 6.22. The molecule has 0 nitrogen and oxygen atoms in total. The van der Waals surface area contributed by atoms with E-state index in [2.05, 4.69) is 0 Å². The number of hydrogen-bond donors (Lipinski definition) is 0. The number of halogens is 3. The van der Waals surface area contributed by atoms with E-state index in [1.165, 1.54) is 6.92 Å². The fraction of sp³-hybridized carbons (Fsp3) is 0.333. The summed E-state index contributed by atoms with van der Waals surface area (Å²) >= 11 is 4.88. The average molecular weight is 191 g/mol. The van der Waals surface area contributed by atoms with Crippen LogP contribution in [0.4, 0.5) is 8.78 Å². The summed E-state index contributed by atoms with van der Waals surface area (Å²) in [5, 5.41) is -3.17. The SMILES string of the molecule is CC(c1ccccc1)C(F)(F)Cl. The molecule has 0 N–H and O–H groups in total. The Morgan fingerprint density at radius 3 is 2.17 bits per heavy atom. The Hall–Kier alpha value is -0.630. The topological polar surface area (TPSA) is 0 Å². The number of benzene rings is 1. The molecule has 0 aliphatic heterocycles.